The molecule has 2 aromatic rings. The molecular weight excluding hydrogens is 228 g/mol. The molecule has 2 unspecified atom stereocenters. The zero-order valence-corrected chi connectivity index (χ0v) is 10.8. The maximum atomic E-state index is 5.43. The average Bonchev–Trinajstić information content (AvgIpc) is 3.00. The van der Waals surface area contributed by atoms with Crippen LogP contribution < -0.4 is 5.32 Å². The summed E-state index contributed by atoms with van der Waals surface area (Å²) in [4.78, 5) is 8.81. The summed E-state index contributed by atoms with van der Waals surface area (Å²) >= 11 is 0. The number of imidazole rings is 1. The van der Waals surface area contributed by atoms with Crippen LogP contribution in [0.2, 0.25) is 0 Å². The van der Waals surface area contributed by atoms with Crippen molar-refractivity contribution in [2.75, 3.05) is 18.5 Å². The molecule has 1 fully saturated rings. The predicted octanol–water partition coefficient (Wildman–Crippen LogP) is 1.81. The molecule has 0 amide bonds. The summed E-state index contributed by atoms with van der Waals surface area (Å²) in [6, 6.07) is 2.34. The Morgan fingerprint density at radius 1 is 1.50 bits per heavy atom. The van der Waals surface area contributed by atoms with Gasteiger partial charge in [0.2, 0.25) is 0 Å². The number of rotatable bonds is 3. The largest absolute Gasteiger partial charge is 0.381 e. The highest BCUT2D eigenvalue weighted by Gasteiger charge is 2.23. The van der Waals surface area contributed by atoms with E-state index in [1.165, 1.54) is 0 Å². The molecule has 1 aliphatic rings. The van der Waals surface area contributed by atoms with Gasteiger partial charge in [-0.2, -0.15) is 0 Å². The van der Waals surface area contributed by atoms with Crippen molar-refractivity contribution in [2.45, 2.75) is 19.4 Å². The number of nitrogens with zero attached hydrogens (tertiary/aromatic N) is 3. The Morgan fingerprint density at radius 2 is 2.39 bits per heavy atom. The van der Waals surface area contributed by atoms with Gasteiger partial charge in [0.05, 0.1) is 18.5 Å². The van der Waals surface area contributed by atoms with E-state index in [9.17, 15) is 0 Å². The van der Waals surface area contributed by atoms with Crippen molar-refractivity contribution in [3.05, 3.63) is 18.6 Å². The van der Waals surface area contributed by atoms with Gasteiger partial charge in [-0.05, 0) is 19.4 Å². The van der Waals surface area contributed by atoms with Gasteiger partial charge < -0.3 is 14.6 Å². The van der Waals surface area contributed by atoms with Crippen molar-refractivity contribution in [2.24, 2.45) is 13.0 Å². The van der Waals surface area contributed by atoms with Crippen LogP contribution in [0.15, 0.2) is 18.6 Å². The third-order valence-corrected chi connectivity index (χ3v) is 3.68. The van der Waals surface area contributed by atoms with Gasteiger partial charge in [0.1, 0.15) is 5.52 Å². The third-order valence-electron chi connectivity index (χ3n) is 3.68. The summed E-state index contributed by atoms with van der Waals surface area (Å²) < 4.78 is 7.43. The number of ether oxygens (including phenoxy) is 1. The summed E-state index contributed by atoms with van der Waals surface area (Å²) in [5.41, 5.74) is 2.04. The van der Waals surface area contributed by atoms with Crippen LogP contribution in [0.4, 0.5) is 5.82 Å². The molecule has 0 saturated carbocycles. The number of hydrogen-bond acceptors (Lipinski definition) is 4. The minimum Gasteiger partial charge on any atom is -0.381 e. The van der Waals surface area contributed by atoms with Gasteiger partial charge in [-0.1, -0.05) is 0 Å². The highest BCUT2D eigenvalue weighted by Crippen LogP contribution is 2.23. The Labute approximate surface area is 106 Å². The van der Waals surface area contributed by atoms with Gasteiger partial charge in [-0.3, -0.25) is 0 Å². The standard InChI is InChI=1S/C13H18N4O/c1-9(10-4-6-18-7-10)16-13-12-11(3-5-14-13)17(2)8-15-12/h3,5,8-10H,4,6-7H2,1-2H3,(H,14,16). The van der Waals surface area contributed by atoms with E-state index in [1.54, 1.807) is 0 Å². The Bertz CT molecular complexity index is 545. The van der Waals surface area contributed by atoms with E-state index in [1.807, 2.05) is 30.2 Å². The molecule has 1 aliphatic heterocycles. The summed E-state index contributed by atoms with van der Waals surface area (Å²) in [6.45, 7) is 3.90. The lowest BCUT2D eigenvalue weighted by Crippen LogP contribution is -2.26. The van der Waals surface area contributed by atoms with Crippen LogP contribution in [0.3, 0.4) is 0 Å². The predicted molar refractivity (Wildman–Crippen MR) is 70.5 cm³/mol. The Morgan fingerprint density at radius 3 is 3.17 bits per heavy atom. The molecule has 5 nitrogen and oxygen atoms in total. The molecule has 0 aromatic carbocycles. The van der Waals surface area contributed by atoms with Crippen molar-refractivity contribution in [1.29, 1.82) is 0 Å². The lowest BCUT2D eigenvalue weighted by Gasteiger charge is -2.19. The van der Waals surface area contributed by atoms with Crippen molar-refractivity contribution in [3.8, 4) is 0 Å². The first-order chi connectivity index (χ1) is 8.75. The first kappa shape index (κ1) is 11.5. The molecule has 96 valence electrons. The average molecular weight is 246 g/mol. The Balaban J connectivity index is 1.85. The van der Waals surface area contributed by atoms with Crippen LogP contribution in [-0.2, 0) is 11.8 Å². The van der Waals surface area contributed by atoms with Gasteiger partial charge in [0.25, 0.3) is 0 Å². The molecule has 2 atom stereocenters. The van der Waals surface area contributed by atoms with E-state index >= 15 is 0 Å². The number of anilines is 1. The minimum atomic E-state index is 0.354. The van der Waals surface area contributed by atoms with Crippen LogP contribution in [-0.4, -0.2) is 33.8 Å². The van der Waals surface area contributed by atoms with Gasteiger partial charge in [-0.15, -0.1) is 0 Å². The molecule has 0 radical (unpaired) electrons. The zero-order chi connectivity index (χ0) is 12.5. The monoisotopic (exact) mass is 246 g/mol. The maximum Gasteiger partial charge on any atom is 0.154 e. The lowest BCUT2D eigenvalue weighted by atomic mass is 10.0. The number of aromatic nitrogens is 3. The maximum absolute atomic E-state index is 5.43. The molecule has 3 rings (SSSR count). The Hall–Kier alpha value is -1.62. The molecule has 2 aromatic heterocycles. The van der Waals surface area contributed by atoms with E-state index in [4.69, 9.17) is 4.74 Å². The van der Waals surface area contributed by atoms with Crippen LogP contribution in [0.1, 0.15) is 13.3 Å². The highest BCUT2D eigenvalue weighted by molar-refractivity contribution is 5.85. The van der Waals surface area contributed by atoms with E-state index in [0.29, 0.717) is 12.0 Å². The van der Waals surface area contributed by atoms with Crippen molar-refractivity contribution >= 4 is 16.9 Å². The van der Waals surface area contributed by atoms with Gasteiger partial charge in [0, 0.05) is 31.8 Å². The normalized spacial score (nSPS) is 21.3. The number of nitrogens with one attached hydrogen (secondary N) is 1. The lowest BCUT2D eigenvalue weighted by molar-refractivity contribution is 0.183. The van der Waals surface area contributed by atoms with Gasteiger partial charge in [-0.25, -0.2) is 9.97 Å². The topological polar surface area (TPSA) is 52.0 Å². The van der Waals surface area contributed by atoms with Crippen LogP contribution in [0, 0.1) is 5.92 Å². The van der Waals surface area contributed by atoms with Gasteiger partial charge >= 0.3 is 0 Å². The fourth-order valence-corrected chi connectivity index (χ4v) is 2.45. The first-order valence-corrected chi connectivity index (χ1v) is 6.36. The van der Waals surface area contributed by atoms with Crippen LogP contribution >= 0.6 is 0 Å². The molecular formula is C13H18N4O. The van der Waals surface area contributed by atoms with E-state index in [2.05, 4.69) is 22.2 Å². The molecule has 5 heteroatoms. The summed E-state index contributed by atoms with van der Waals surface area (Å²) in [6.07, 6.45) is 4.76. The molecule has 3 heterocycles. The second-order valence-corrected chi connectivity index (χ2v) is 4.94. The molecule has 0 spiro atoms. The molecule has 18 heavy (non-hydrogen) atoms. The van der Waals surface area contributed by atoms with Crippen LogP contribution in [0.25, 0.3) is 11.0 Å². The highest BCUT2D eigenvalue weighted by atomic mass is 16.5. The second kappa shape index (κ2) is 4.57. The van der Waals surface area contributed by atoms with Crippen LogP contribution in [0.5, 0.6) is 0 Å². The van der Waals surface area contributed by atoms with E-state index < -0.39 is 0 Å². The SMILES string of the molecule is CC(Nc1nccc2c1ncn2C)C1CCOC1. The fourth-order valence-electron chi connectivity index (χ4n) is 2.45. The summed E-state index contributed by atoms with van der Waals surface area (Å²) in [5, 5.41) is 3.47. The van der Waals surface area contributed by atoms with Gasteiger partial charge in [0.15, 0.2) is 5.82 Å². The summed E-state index contributed by atoms with van der Waals surface area (Å²) in [5.74, 6) is 1.43. The molecule has 1 saturated heterocycles. The van der Waals surface area contributed by atoms with E-state index in [0.717, 1.165) is 36.5 Å². The smallest absolute Gasteiger partial charge is 0.154 e. The second-order valence-electron chi connectivity index (χ2n) is 4.94. The van der Waals surface area contributed by atoms with E-state index in [-0.39, 0.29) is 0 Å². The summed E-state index contributed by atoms with van der Waals surface area (Å²) in [7, 11) is 1.99. The molecule has 1 N–H and O–H groups in total. The zero-order valence-electron chi connectivity index (χ0n) is 10.8. The number of aryl methyl sites for hydroxylation is 1. The quantitative estimate of drug-likeness (QED) is 0.897. The molecule has 0 bridgehead atoms. The number of fused-ring (bicyclic) bond motifs is 1. The fraction of sp³-hybridized carbons (Fsp3) is 0.538. The third kappa shape index (κ3) is 1.95. The van der Waals surface area contributed by atoms with Crippen molar-refractivity contribution < 1.29 is 4.74 Å². The minimum absolute atomic E-state index is 0.354. The Kier molecular flexibility index (Phi) is 2.91. The number of pyridine rings is 1. The first-order valence-electron chi connectivity index (χ1n) is 6.36. The van der Waals surface area contributed by atoms with Crippen molar-refractivity contribution in [3.63, 3.8) is 0 Å². The van der Waals surface area contributed by atoms with Crippen molar-refractivity contribution in [1.82, 2.24) is 14.5 Å². The number of hydrogen-bond donors (Lipinski definition) is 1. The molecule has 0 aliphatic carbocycles.